The van der Waals surface area contributed by atoms with Crippen LogP contribution in [0.25, 0.3) is 0 Å². The quantitative estimate of drug-likeness (QED) is 0.855. The fourth-order valence-corrected chi connectivity index (χ4v) is 1.74. The van der Waals surface area contributed by atoms with E-state index in [4.69, 9.17) is 4.74 Å². The number of morpholine rings is 1. The normalized spacial score (nSPS) is 16.3. The highest BCUT2D eigenvalue weighted by molar-refractivity contribution is 5.89. The zero-order valence-corrected chi connectivity index (χ0v) is 10.0. The van der Waals surface area contributed by atoms with Crippen LogP contribution in [0.2, 0.25) is 0 Å². The van der Waals surface area contributed by atoms with Crippen molar-refractivity contribution in [2.45, 2.75) is 6.18 Å². The van der Waals surface area contributed by atoms with Gasteiger partial charge in [0.1, 0.15) is 0 Å². The molecule has 104 valence electrons. The number of ether oxygens (including phenoxy) is 1. The van der Waals surface area contributed by atoms with Crippen LogP contribution in [-0.4, -0.2) is 37.2 Å². The molecule has 1 aliphatic heterocycles. The number of nitrogens with zero attached hydrogens (tertiary/aromatic N) is 1. The summed E-state index contributed by atoms with van der Waals surface area (Å²) in [5, 5.41) is 2.46. The van der Waals surface area contributed by atoms with Gasteiger partial charge in [0.05, 0.1) is 18.8 Å². The third kappa shape index (κ3) is 3.60. The maximum Gasteiger partial charge on any atom is 0.416 e. The van der Waals surface area contributed by atoms with Gasteiger partial charge in [0, 0.05) is 18.8 Å². The van der Waals surface area contributed by atoms with Crippen molar-refractivity contribution < 1.29 is 22.7 Å². The Bertz CT molecular complexity index is 457. The Morgan fingerprint density at radius 1 is 1.26 bits per heavy atom. The van der Waals surface area contributed by atoms with Crippen molar-refractivity contribution in [1.82, 2.24) is 4.90 Å². The van der Waals surface area contributed by atoms with E-state index in [1.807, 2.05) is 0 Å². The highest BCUT2D eigenvalue weighted by Gasteiger charge is 2.30. The zero-order chi connectivity index (χ0) is 13.9. The molecule has 0 bridgehead atoms. The van der Waals surface area contributed by atoms with Gasteiger partial charge in [-0.3, -0.25) is 0 Å². The minimum absolute atomic E-state index is 0.131. The lowest BCUT2D eigenvalue weighted by Crippen LogP contribution is -2.43. The van der Waals surface area contributed by atoms with E-state index in [1.54, 1.807) is 0 Å². The molecule has 0 spiro atoms. The SMILES string of the molecule is O=C(Nc1cccc(C(F)(F)F)c1)N1CCOCC1. The van der Waals surface area contributed by atoms with Crippen molar-refractivity contribution >= 4 is 11.7 Å². The van der Waals surface area contributed by atoms with E-state index in [1.165, 1.54) is 17.0 Å². The van der Waals surface area contributed by atoms with Crippen molar-refractivity contribution in [2.75, 3.05) is 31.6 Å². The van der Waals surface area contributed by atoms with Crippen molar-refractivity contribution in [2.24, 2.45) is 0 Å². The van der Waals surface area contributed by atoms with Crippen molar-refractivity contribution in [3.63, 3.8) is 0 Å². The first kappa shape index (κ1) is 13.7. The van der Waals surface area contributed by atoms with Crippen molar-refractivity contribution in [3.8, 4) is 0 Å². The second-order valence-electron chi connectivity index (χ2n) is 4.11. The van der Waals surface area contributed by atoms with Gasteiger partial charge in [-0.25, -0.2) is 4.79 Å². The molecule has 0 radical (unpaired) electrons. The second kappa shape index (κ2) is 5.48. The van der Waals surface area contributed by atoms with Crippen LogP contribution in [0.1, 0.15) is 5.56 Å². The third-order valence-corrected chi connectivity index (χ3v) is 2.74. The molecule has 0 atom stereocenters. The molecule has 1 N–H and O–H groups in total. The van der Waals surface area contributed by atoms with E-state index in [0.29, 0.717) is 26.3 Å². The molecular formula is C12H13F3N2O2. The van der Waals surface area contributed by atoms with E-state index >= 15 is 0 Å². The number of hydrogen-bond donors (Lipinski definition) is 1. The van der Waals surface area contributed by atoms with Gasteiger partial charge < -0.3 is 15.0 Å². The number of carbonyl (C=O) groups is 1. The number of urea groups is 1. The maximum atomic E-state index is 12.5. The van der Waals surface area contributed by atoms with E-state index in [0.717, 1.165) is 12.1 Å². The van der Waals surface area contributed by atoms with Crippen LogP contribution in [-0.2, 0) is 10.9 Å². The number of anilines is 1. The molecule has 1 aromatic carbocycles. The van der Waals surface area contributed by atoms with Gasteiger partial charge in [-0.05, 0) is 18.2 Å². The van der Waals surface area contributed by atoms with Gasteiger partial charge in [-0.2, -0.15) is 13.2 Å². The van der Waals surface area contributed by atoms with Crippen LogP contribution in [0.4, 0.5) is 23.7 Å². The Hall–Kier alpha value is -1.76. The minimum atomic E-state index is -4.42. The number of carbonyl (C=O) groups excluding carboxylic acids is 1. The minimum Gasteiger partial charge on any atom is -0.378 e. The number of amides is 2. The molecule has 1 saturated heterocycles. The Morgan fingerprint density at radius 2 is 1.95 bits per heavy atom. The highest BCUT2D eigenvalue weighted by atomic mass is 19.4. The van der Waals surface area contributed by atoms with Crippen LogP contribution in [0.3, 0.4) is 0 Å². The van der Waals surface area contributed by atoms with Gasteiger partial charge in [-0.15, -0.1) is 0 Å². The summed E-state index contributed by atoms with van der Waals surface area (Å²) >= 11 is 0. The molecule has 0 aromatic heterocycles. The monoisotopic (exact) mass is 274 g/mol. The number of benzene rings is 1. The highest BCUT2D eigenvalue weighted by Crippen LogP contribution is 2.30. The Morgan fingerprint density at radius 3 is 2.58 bits per heavy atom. The Balaban J connectivity index is 2.04. The van der Waals surface area contributed by atoms with Gasteiger partial charge in [0.25, 0.3) is 0 Å². The number of hydrogen-bond acceptors (Lipinski definition) is 2. The molecule has 1 fully saturated rings. The molecule has 7 heteroatoms. The topological polar surface area (TPSA) is 41.6 Å². The number of rotatable bonds is 1. The lowest BCUT2D eigenvalue weighted by molar-refractivity contribution is -0.137. The Kier molecular flexibility index (Phi) is 3.94. The summed E-state index contributed by atoms with van der Waals surface area (Å²) in [5.41, 5.74) is -0.654. The van der Waals surface area contributed by atoms with E-state index < -0.39 is 17.8 Å². The molecule has 1 aromatic rings. The third-order valence-electron chi connectivity index (χ3n) is 2.74. The van der Waals surface area contributed by atoms with Crippen LogP contribution in [0.15, 0.2) is 24.3 Å². The van der Waals surface area contributed by atoms with Gasteiger partial charge in [0.2, 0.25) is 0 Å². The number of nitrogens with one attached hydrogen (secondary N) is 1. The second-order valence-corrected chi connectivity index (χ2v) is 4.11. The molecule has 19 heavy (non-hydrogen) atoms. The fourth-order valence-electron chi connectivity index (χ4n) is 1.74. The largest absolute Gasteiger partial charge is 0.416 e. The van der Waals surface area contributed by atoms with E-state index in [-0.39, 0.29) is 5.69 Å². The molecule has 4 nitrogen and oxygen atoms in total. The molecule has 0 aliphatic carbocycles. The van der Waals surface area contributed by atoms with Crippen LogP contribution in [0, 0.1) is 0 Å². The molecule has 2 rings (SSSR count). The molecule has 1 aliphatic rings. The van der Waals surface area contributed by atoms with Gasteiger partial charge in [-0.1, -0.05) is 6.07 Å². The van der Waals surface area contributed by atoms with Crippen LogP contribution < -0.4 is 5.32 Å². The first-order valence-corrected chi connectivity index (χ1v) is 5.78. The first-order valence-electron chi connectivity index (χ1n) is 5.78. The first-order chi connectivity index (χ1) is 8.97. The van der Waals surface area contributed by atoms with Gasteiger partial charge >= 0.3 is 12.2 Å². The van der Waals surface area contributed by atoms with E-state index in [9.17, 15) is 18.0 Å². The average Bonchev–Trinajstić information content (AvgIpc) is 2.39. The maximum absolute atomic E-state index is 12.5. The lowest BCUT2D eigenvalue weighted by atomic mass is 10.2. The van der Waals surface area contributed by atoms with Crippen LogP contribution in [0.5, 0.6) is 0 Å². The summed E-state index contributed by atoms with van der Waals surface area (Å²) in [6.45, 7) is 1.75. The standard InChI is InChI=1S/C12H13F3N2O2/c13-12(14,15)9-2-1-3-10(8-9)16-11(18)17-4-6-19-7-5-17/h1-3,8H,4-7H2,(H,16,18). The van der Waals surface area contributed by atoms with Crippen molar-refractivity contribution in [3.05, 3.63) is 29.8 Å². The summed E-state index contributed by atoms with van der Waals surface area (Å²) in [4.78, 5) is 13.3. The molecule has 2 amide bonds. The molecule has 0 unspecified atom stereocenters. The molecule has 1 heterocycles. The van der Waals surface area contributed by atoms with Crippen LogP contribution >= 0.6 is 0 Å². The smallest absolute Gasteiger partial charge is 0.378 e. The lowest BCUT2D eigenvalue weighted by Gasteiger charge is -2.27. The van der Waals surface area contributed by atoms with Crippen molar-refractivity contribution in [1.29, 1.82) is 0 Å². The predicted octanol–water partition coefficient (Wildman–Crippen LogP) is 2.57. The van der Waals surface area contributed by atoms with Gasteiger partial charge in [0.15, 0.2) is 0 Å². The Labute approximate surface area is 108 Å². The summed E-state index contributed by atoms with van der Waals surface area (Å²) in [7, 11) is 0. The zero-order valence-electron chi connectivity index (χ0n) is 10.0. The molecular weight excluding hydrogens is 261 g/mol. The summed E-state index contributed by atoms with van der Waals surface area (Å²) in [5.74, 6) is 0. The fraction of sp³-hybridized carbons (Fsp3) is 0.417. The number of halogens is 3. The summed E-state index contributed by atoms with van der Waals surface area (Å²) in [6.07, 6.45) is -4.42. The average molecular weight is 274 g/mol. The summed E-state index contributed by atoms with van der Waals surface area (Å²) in [6, 6.07) is 4.15. The molecule has 0 saturated carbocycles. The van der Waals surface area contributed by atoms with E-state index in [2.05, 4.69) is 5.32 Å². The summed E-state index contributed by atoms with van der Waals surface area (Å²) < 4.78 is 42.7. The number of alkyl halides is 3. The predicted molar refractivity (Wildman–Crippen MR) is 62.9 cm³/mol.